The van der Waals surface area contributed by atoms with E-state index in [0.717, 1.165) is 32.0 Å². The molecule has 15 heavy (non-hydrogen) atoms. The molecule has 0 bridgehead atoms. The van der Waals surface area contributed by atoms with Gasteiger partial charge in [0.1, 0.15) is 5.82 Å². The molecule has 84 valence electrons. The maximum atomic E-state index is 4.36. The Balaban J connectivity index is 1.98. The van der Waals surface area contributed by atoms with Gasteiger partial charge in [-0.1, -0.05) is 0 Å². The van der Waals surface area contributed by atoms with E-state index in [1.807, 2.05) is 12.4 Å². The highest BCUT2D eigenvalue weighted by molar-refractivity contribution is 4.94. The van der Waals surface area contributed by atoms with Gasteiger partial charge in [0.2, 0.25) is 0 Å². The summed E-state index contributed by atoms with van der Waals surface area (Å²) in [6.07, 6.45) is 3.87. The molecule has 1 aliphatic heterocycles. The Kier molecular flexibility index (Phi) is 2.80. The maximum absolute atomic E-state index is 4.36. The summed E-state index contributed by atoms with van der Waals surface area (Å²) in [6, 6.07) is 0. The first-order valence-corrected chi connectivity index (χ1v) is 5.50. The van der Waals surface area contributed by atoms with Gasteiger partial charge in [0.05, 0.1) is 6.54 Å². The summed E-state index contributed by atoms with van der Waals surface area (Å²) >= 11 is 0. The van der Waals surface area contributed by atoms with E-state index >= 15 is 0 Å². The molecule has 0 radical (unpaired) electrons. The summed E-state index contributed by atoms with van der Waals surface area (Å²) in [6.45, 7) is 8.71. The van der Waals surface area contributed by atoms with Gasteiger partial charge in [-0.05, 0) is 13.8 Å². The molecular weight excluding hydrogens is 188 g/mol. The summed E-state index contributed by atoms with van der Waals surface area (Å²) in [5.41, 5.74) is 0.226. The summed E-state index contributed by atoms with van der Waals surface area (Å²) in [5, 5.41) is 3.51. The molecule has 1 N–H and O–H groups in total. The van der Waals surface area contributed by atoms with Crippen LogP contribution in [0.2, 0.25) is 0 Å². The lowest BCUT2D eigenvalue weighted by Gasteiger charge is -2.38. The van der Waals surface area contributed by atoms with Gasteiger partial charge in [0.15, 0.2) is 0 Å². The molecule has 0 saturated carbocycles. The van der Waals surface area contributed by atoms with Crippen molar-refractivity contribution in [2.45, 2.75) is 25.9 Å². The van der Waals surface area contributed by atoms with Crippen LogP contribution in [-0.4, -0.2) is 39.6 Å². The molecule has 2 rings (SSSR count). The number of imidazole rings is 1. The van der Waals surface area contributed by atoms with Crippen molar-refractivity contribution in [3.8, 4) is 0 Å². The highest BCUT2D eigenvalue weighted by atomic mass is 15.2. The van der Waals surface area contributed by atoms with Crippen LogP contribution in [0, 0.1) is 0 Å². The van der Waals surface area contributed by atoms with Crippen LogP contribution in [0.4, 0.5) is 0 Å². The van der Waals surface area contributed by atoms with E-state index in [4.69, 9.17) is 0 Å². The van der Waals surface area contributed by atoms with E-state index in [1.54, 1.807) is 0 Å². The van der Waals surface area contributed by atoms with Gasteiger partial charge in [-0.15, -0.1) is 0 Å². The van der Waals surface area contributed by atoms with Crippen molar-refractivity contribution in [3.63, 3.8) is 0 Å². The van der Waals surface area contributed by atoms with Gasteiger partial charge >= 0.3 is 0 Å². The Morgan fingerprint density at radius 3 is 2.93 bits per heavy atom. The fourth-order valence-corrected chi connectivity index (χ4v) is 2.13. The number of piperazine rings is 1. The summed E-state index contributed by atoms with van der Waals surface area (Å²) in [7, 11) is 2.05. The number of nitrogens with one attached hydrogen (secondary N) is 1. The predicted molar refractivity (Wildman–Crippen MR) is 60.6 cm³/mol. The maximum Gasteiger partial charge on any atom is 0.122 e. The highest BCUT2D eigenvalue weighted by Gasteiger charge is 2.25. The lowest BCUT2D eigenvalue weighted by Crippen LogP contribution is -2.56. The molecule has 0 atom stereocenters. The average Bonchev–Trinajstić information content (AvgIpc) is 2.50. The molecule has 2 heterocycles. The van der Waals surface area contributed by atoms with Crippen LogP contribution in [0.1, 0.15) is 19.7 Å². The summed E-state index contributed by atoms with van der Waals surface area (Å²) < 4.78 is 2.09. The minimum atomic E-state index is 0.226. The second-order valence-electron chi connectivity index (χ2n) is 4.98. The zero-order valence-corrected chi connectivity index (χ0v) is 9.82. The monoisotopic (exact) mass is 208 g/mol. The Hall–Kier alpha value is -0.870. The quantitative estimate of drug-likeness (QED) is 0.773. The Morgan fingerprint density at radius 1 is 1.53 bits per heavy atom. The average molecular weight is 208 g/mol. The SMILES string of the molecule is Cn1ccnc1CN1CCNC(C)(C)C1. The fraction of sp³-hybridized carbons (Fsp3) is 0.727. The minimum Gasteiger partial charge on any atom is -0.337 e. The molecule has 1 fully saturated rings. The molecule has 0 unspecified atom stereocenters. The van der Waals surface area contributed by atoms with E-state index in [-0.39, 0.29) is 5.54 Å². The Labute approximate surface area is 91.3 Å². The van der Waals surface area contributed by atoms with Crippen molar-refractivity contribution in [1.29, 1.82) is 0 Å². The second-order valence-corrected chi connectivity index (χ2v) is 4.98. The van der Waals surface area contributed by atoms with Crippen molar-refractivity contribution >= 4 is 0 Å². The first-order valence-electron chi connectivity index (χ1n) is 5.50. The standard InChI is InChI=1S/C11H20N4/c1-11(2)9-15(7-5-13-11)8-10-12-4-6-14(10)3/h4,6,13H,5,7-9H2,1-3H3. The number of hydrogen-bond donors (Lipinski definition) is 1. The van der Waals surface area contributed by atoms with Gasteiger partial charge in [-0.25, -0.2) is 4.98 Å². The molecule has 4 nitrogen and oxygen atoms in total. The van der Waals surface area contributed by atoms with Crippen LogP contribution < -0.4 is 5.32 Å². The molecule has 4 heteroatoms. The number of nitrogens with zero attached hydrogens (tertiary/aromatic N) is 3. The third-order valence-electron chi connectivity index (χ3n) is 2.94. The van der Waals surface area contributed by atoms with Crippen molar-refractivity contribution in [1.82, 2.24) is 19.8 Å². The van der Waals surface area contributed by atoms with Crippen LogP contribution in [0.3, 0.4) is 0 Å². The number of aryl methyl sites for hydroxylation is 1. The number of rotatable bonds is 2. The lowest BCUT2D eigenvalue weighted by molar-refractivity contribution is 0.144. The van der Waals surface area contributed by atoms with Crippen molar-refractivity contribution < 1.29 is 0 Å². The first-order chi connectivity index (χ1) is 7.07. The zero-order valence-electron chi connectivity index (χ0n) is 9.82. The van der Waals surface area contributed by atoms with Crippen LogP contribution >= 0.6 is 0 Å². The highest BCUT2D eigenvalue weighted by Crippen LogP contribution is 2.12. The molecule has 0 amide bonds. The summed E-state index contributed by atoms with van der Waals surface area (Å²) in [5.74, 6) is 1.15. The number of aromatic nitrogens is 2. The molecule has 0 spiro atoms. The fourth-order valence-electron chi connectivity index (χ4n) is 2.13. The molecule has 1 aliphatic rings. The Bertz CT molecular complexity index is 329. The molecule has 1 aromatic rings. The lowest BCUT2D eigenvalue weighted by atomic mass is 10.0. The topological polar surface area (TPSA) is 33.1 Å². The van der Waals surface area contributed by atoms with Gasteiger partial charge in [0, 0.05) is 44.6 Å². The summed E-state index contributed by atoms with van der Waals surface area (Å²) in [4.78, 5) is 6.82. The molecule has 1 aromatic heterocycles. The normalized spacial score (nSPS) is 21.8. The van der Waals surface area contributed by atoms with Crippen LogP contribution in [0.15, 0.2) is 12.4 Å². The van der Waals surface area contributed by atoms with Crippen molar-refractivity contribution in [2.75, 3.05) is 19.6 Å². The third kappa shape index (κ3) is 2.58. The van der Waals surface area contributed by atoms with Gasteiger partial charge in [-0.2, -0.15) is 0 Å². The van der Waals surface area contributed by atoms with Crippen LogP contribution in [-0.2, 0) is 13.6 Å². The third-order valence-corrected chi connectivity index (χ3v) is 2.94. The van der Waals surface area contributed by atoms with E-state index in [9.17, 15) is 0 Å². The van der Waals surface area contributed by atoms with Crippen molar-refractivity contribution in [2.24, 2.45) is 7.05 Å². The van der Waals surface area contributed by atoms with Crippen LogP contribution in [0.5, 0.6) is 0 Å². The van der Waals surface area contributed by atoms with Gasteiger partial charge in [0.25, 0.3) is 0 Å². The minimum absolute atomic E-state index is 0.226. The Morgan fingerprint density at radius 2 is 2.33 bits per heavy atom. The molecule has 1 saturated heterocycles. The smallest absolute Gasteiger partial charge is 0.122 e. The molecule has 0 aliphatic carbocycles. The van der Waals surface area contributed by atoms with Crippen LogP contribution in [0.25, 0.3) is 0 Å². The van der Waals surface area contributed by atoms with E-state index in [0.29, 0.717) is 0 Å². The second kappa shape index (κ2) is 3.94. The first kappa shape index (κ1) is 10.6. The van der Waals surface area contributed by atoms with E-state index in [1.165, 1.54) is 0 Å². The molecular formula is C11H20N4. The van der Waals surface area contributed by atoms with E-state index < -0.39 is 0 Å². The predicted octanol–water partition coefficient (Wildman–Crippen LogP) is 0.604. The largest absolute Gasteiger partial charge is 0.337 e. The van der Waals surface area contributed by atoms with Crippen molar-refractivity contribution in [3.05, 3.63) is 18.2 Å². The van der Waals surface area contributed by atoms with Gasteiger partial charge in [-0.3, -0.25) is 4.90 Å². The zero-order chi connectivity index (χ0) is 10.9. The van der Waals surface area contributed by atoms with Gasteiger partial charge < -0.3 is 9.88 Å². The van der Waals surface area contributed by atoms with E-state index in [2.05, 4.69) is 40.7 Å². The number of hydrogen-bond acceptors (Lipinski definition) is 3. The molecule has 0 aromatic carbocycles.